The Balaban J connectivity index is 2.50. The summed E-state index contributed by atoms with van der Waals surface area (Å²) in [6.07, 6.45) is 0.123. The lowest BCUT2D eigenvalue weighted by molar-refractivity contribution is -0.147. The molecule has 40 heavy (non-hydrogen) atoms. The largest absolute Gasteiger partial charge is 0.480 e. The number of carboxylic acids is 1. The quantitative estimate of drug-likeness (QED) is 0.148. The summed E-state index contributed by atoms with van der Waals surface area (Å²) in [6, 6.07) is 0. The van der Waals surface area contributed by atoms with Crippen LogP contribution in [0.2, 0.25) is 0 Å². The molecule has 1 rings (SSSR count). The molecule has 1 fully saturated rings. The number of likely N-dealkylation sites (N-methyl/N-ethyl adjacent to an activating group) is 2. The van der Waals surface area contributed by atoms with E-state index in [0.29, 0.717) is 31.9 Å². The minimum absolute atomic E-state index is 0.0208. The van der Waals surface area contributed by atoms with E-state index >= 15 is 0 Å². The van der Waals surface area contributed by atoms with E-state index in [2.05, 4.69) is 35.5 Å². The zero-order valence-corrected chi connectivity index (χ0v) is 24.9. The summed E-state index contributed by atoms with van der Waals surface area (Å²) in [4.78, 5) is 57.4. The summed E-state index contributed by atoms with van der Waals surface area (Å²) in [5.41, 5.74) is 0.333. The second-order valence-electron chi connectivity index (χ2n) is 9.85. The molecule has 0 unspecified atom stereocenters. The Labute approximate surface area is 239 Å². The van der Waals surface area contributed by atoms with Gasteiger partial charge < -0.3 is 39.5 Å². The number of nitrogens with zero attached hydrogens (tertiary/aromatic N) is 5. The lowest BCUT2D eigenvalue weighted by atomic mass is 10.3. The fourth-order valence-electron chi connectivity index (χ4n) is 4.09. The molecule has 230 valence electrons. The minimum Gasteiger partial charge on any atom is -0.480 e. The number of carboxylic acid groups (broad SMARTS) is 1. The van der Waals surface area contributed by atoms with Crippen LogP contribution in [0.3, 0.4) is 0 Å². The van der Waals surface area contributed by atoms with Crippen LogP contribution < -0.4 is 5.32 Å². The molecule has 0 aromatic rings. The summed E-state index contributed by atoms with van der Waals surface area (Å²) >= 11 is 0. The van der Waals surface area contributed by atoms with Crippen LogP contribution in [-0.2, 0) is 28.7 Å². The molecule has 2 amide bonds. The molecule has 0 aromatic carbocycles. The fourth-order valence-corrected chi connectivity index (χ4v) is 4.09. The van der Waals surface area contributed by atoms with E-state index in [4.69, 9.17) is 9.47 Å². The first-order chi connectivity index (χ1) is 19.1. The first-order valence-corrected chi connectivity index (χ1v) is 14.1. The Morgan fingerprint density at radius 2 is 1.38 bits per heavy atom. The van der Waals surface area contributed by atoms with Crippen molar-refractivity contribution >= 4 is 23.8 Å². The number of amides is 2. The number of hydrogen-bond acceptors (Lipinski definition) is 10. The summed E-state index contributed by atoms with van der Waals surface area (Å²) in [5, 5.41) is 12.2. The van der Waals surface area contributed by atoms with E-state index in [1.807, 2.05) is 9.80 Å². The molecule has 0 atom stereocenters. The Morgan fingerprint density at radius 1 is 0.825 bits per heavy atom. The van der Waals surface area contributed by atoms with Crippen molar-refractivity contribution in [2.24, 2.45) is 0 Å². The number of rotatable bonds is 15. The first-order valence-electron chi connectivity index (χ1n) is 14.1. The zero-order valence-electron chi connectivity index (χ0n) is 24.9. The third-order valence-electron chi connectivity index (χ3n) is 6.80. The van der Waals surface area contributed by atoms with Crippen molar-refractivity contribution < 1.29 is 33.8 Å². The maximum Gasteiger partial charge on any atom is 0.317 e. The fraction of sp³-hybridized carbons (Fsp3) is 0.778. The van der Waals surface area contributed by atoms with Crippen molar-refractivity contribution in [2.75, 3.05) is 112 Å². The molecule has 0 aliphatic carbocycles. The van der Waals surface area contributed by atoms with Gasteiger partial charge in [-0.1, -0.05) is 20.4 Å². The van der Waals surface area contributed by atoms with Crippen LogP contribution in [0.5, 0.6) is 0 Å². The Kier molecular flexibility index (Phi) is 17.8. The Bertz CT molecular complexity index is 810. The standard InChI is InChI=1S/C27H50N6O7/c1-6-30-11-12-31(7-2)15-17-33(18-16-32(14-13-30)22-25(35)36)23(3)27(38)28-10-19-39-20-21-40-26(37)9-8-24(34)29(4)5/h3,6-22H2,1-2,4-5H3,(H,28,38)(H,35,36). The van der Waals surface area contributed by atoms with Gasteiger partial charge in [0.15, 0.2) is 0 Å². The number of esters is 1. The zero-order chi connectivity index (χ0) is 29.9. The normalized spacial score (nSPS) is 16.4. The second-order valence-corrected chi connectivity index (χ2v) is 9.85. The molecule has 13 nitrogen and oxygen atoms in total. The van der Waals surface area contributed by atoms with Gasteiger partial charge in [0.25, 0.3) is 5.91 Å². The molecular weight excluding hydrogens is 520 g/mol. The molecule has 1 saturated heterocycles. The SMILES string of the molecule is C=C(C(=O)NCCOCCOC(=O)CCC(=O)N(C)C)N1CCN(CC)CCN(CC)CCN(CC(=O)O)CC1. The highest BCUT2D eigenvalue weighted by atomic mass is 16.6. The predicted octanol–water partition coefficient (Wildman–Crippen LogP) is -0.609. The van der Waals surface area contributed by atoms with Crippen LogP contribution in [-0.4, -0.2) is 166 Å². The van der Waals surface area contributed by atoms with Gasteiger partial charge in [0.1, 0.15) is 6.61 Å². The summed E-state index contributed by atoms with van der Waals surface area (Å²) in [7, 11) is 3.26. The van der Waals surface area contributed by atoms with Crippen molar-refractivity contribution in [3.8, 4) is 0 Å². The summed E-state index contributed by atoms with van der Waals surface area (Å²) in [5.74, 6) is -1.77. The molecule has 0 bridgehead atoms. The molecule has 2 N–H and O–H groups in total. The molecule has 13 heteroatoms. The van der Waals surface area contributed by atoms with Gasteiger partial charge in [-0.15, -0.1) is 0 Å². The number of carbonyl (C=O) groups excluding carboxylic acids is 3. The van der Waals surface area contributed by atoms with Crippen LogP contribution in [0, 0.1) is 0 Å². The molecule has 0 radical (unpaired) electrons. The molecule has 0 saturated carbocycles. The highest BCUT2D eigenvalue weighted by molar-refractivity contribution is 5.92. The molecule has 1 heterocycles. The first kappa shape index (κ1) is 35.3. The van der Waals surface area contributed by atoms with Gasteiger partial charge in [-0.05, 0) is 13.1 Å². The lowest BCUT2D eigenvalue weighted by Gasteiger charge is -2.34. The monoisotopic (exact) mass is 570 g/mol. The average Bonchev–Trinajstić information content (AvgIpc) is 2.91. The van der Waals surface area contributed by atoms with Crippen LogP contribution in [0.4, 0.5) is 0 Å². The van der Waals surface area contributed by atoms with Crippen molar-refractivity contribution in [1.29, 1.82) is 0 Å². The van der Waals surface area contributed by atoms with Crippen LogP contribution in [0.15, 0.2) is 12.3 Å². The van der Waals surface area contributed by atoms with Crippen molar-refractivity contribution in [3.05, 3.63) is 12.3 Å². The molecule has 1 aliphatic rings. The number of aliphatic carboxylic acids is 1. The van der Waals surface area contributed by atoms with Crippen LogP contribution in [0.25, 0.3) is 0 Å². The molecule has 0 aromatic heterocycles. The van der Waals surface area contributed by atoms with Gasteiger partial charge in [0, 0.05) is 79.4 Å². The maximum absolute atomic E-state index is 12.8. The smallest absolute Gasteiger partial charge is 0.317 e. The van der Waals surface area contributed by atoms with Gasteiger partial charge in [-0.2, -0.15) is 0 Å². The van der Waals surface area contributed by atoms with E-state index < -0.39 is 11.9 Å². The topological polar surface area (TPSA) is 135 Å². The third-order valence-corrected chi connectivity index (χ3v) is 6.80. The second kappa shape index (κ2) is 20.2. The van der Waals surface area contributed by atoms with E-state index in [1.165, 1.54) is 4.90 Å². The van der Waals surface area contributed by atoms with Crippen LogP contribution in [0.1, 0.15) is 26.7 Å². The Morgan fingerprint density at radius 3 is 1.93 bits per heavy atom. The summed E-state index contributed by atoms with van der Waals surface area (Å²) in [6.45, 7) is 16.4. The van der Waals surface area contributed by atoms with Crippen LogP contribution >= 0.6 is 0 Å². The van der Waals surface area contributed by atoms with Gasteiger partial charge in [-0.25, -0.2) is 0 Å². The molecule has 0 spiro atoms. The number of nitrogens with one attached hydrogen (secondary N) is 1. The van der Waals surface area contributed by atoms with Crippen molar-refractivity contribution in [2.45, 2.75) is 26.7 Å². The van der Waals surface area contributed by atoms with Crippen molar-refractivity contribution in [1.82, 2.24) is 29.8 Å². The Hall–Kier alpha value is -2.74. The average molecular weight is 571 g/mol. The third kappa shape index (κ3) is 15.2. The molecule has 1 aliphatic heterocycles. The van der Waals surface area contributed by atoms with E-state index in [-0.39, 0.29) is 57.6 Å². The predicted molar refractivity (Wildman–Crippen MR) is 152 cm³/mol. The van der Waals surface area contributed by atoms with Gasteiger partial charge in [0.05, 0.1) is 31.9 Å². The van der Waals surface area contributed by atoms with E-state index in [9.17, 15) is 24.3 Å². The highest BCUT2D eigenvalue weighted by Crippen LogP contribution is 2.06. The molecular formula is C27H50N6O7. The number of carbonyl (C=O) groups is 4. The van der Waals surface area contributed by atoms with E-state index in [0.717, 1.165) is 39.3 Å². The summed E-state index contributed by atoms with van der Waals surface area (Å²) < 4.78 is 10.5. The number of ether oxygens (including phenoxy) is 2. The maximum atomic E-state index is 12.8. The van der Waals surface area contributed by atoms with Gasteiger partial charge >= 0.3 is 11.9 Å². The lowest BCUT2D eigenvalue weighted by Crippen LogP contribution is -2.47. The van der Waals surface area contributed by atoms with Crippen molar-refractivity contribution in [3.63, 3.8) is 0 Å². The van der Waals surface area contributed by atoms with E-state index in [1.54, 1.807) is 14.1 Å². The minimum atomic E-state index is -0.871. The van der Waals surface area contributed by atoms with Gasteiger partial charge in [-0.3, -0.25) is 24.1 Å². The number of hydrogen-bond donors (Lipinski definition) is 2. The highest BCUT2D eigenvalue weighted by Gasteiger charge is 2.20. The van der Waals surface area contributed by atoms with Gasteiger partial charge in [0.2, 0.25) is 5.91 Å².